The summed E-state index contributed by atoms with van der Waals surface area (Å²) < 4.78 is 9.06. The van der Waals surface area contributed by atoms with Gasteiger partial charge < -0.3 is 4.74 Å². The van der Waals surface area contributed by atoms with Crippen molar-refractivity contribution in [3.05, 3.63) is 146 Å². The van der Waals surface area contributed by atoms with Crippen LogP contribution in [0.25, 0.3) is 71.9 Å². The molecule has 0 bridgehead atoms. The number of fused-ring (bicyclic) bond motifs is 6. The molecule has 0 amide bonds. The molecular formula is C39H24N2O. The maximum absolute atomic E-state index is 6.77. The normalized spacial score (nSPS) is 12.0. The Morgan fingerprint density at radius 3 is 2.07 bits per heavy atom. The summed E-state index contributed by atoms with van der Waals surface area (Å²) in [6.45, 7) is 0. The van der Waals surface area contributed by atoms with E-state index in [0.29, 0.717) is 0 Å². The third-order valence-corrected chi connectivity index (χ3v) is 8.38. The van der Waals surface area contributed by atoms with Gasteiger partial charge in [0, 0.05) is 21.9 Å². The van der Waals surface area contributed by atoms with Gasteiger partial charge in [-0.15, -0.1) is 0 Å². The van der Waals surface area contributed by atoms with Crippen LogP contribution < -0.4 is 4.74 Å². The standard InChI is InChI=1S/C39H24N2O/c1-3-11-25(12-4-1)28-23-32(26-13-5-2-6-14-26)40-36(24-28)41-33-19-8-7-17-31(33)38-34(41)22-21-30-29-18-9-15-27-16-10-20-35(37(27)29)42-39(30)38/h1-24H. The molecule has 0 atom stereocenters. The zero-order chi connectivity index (χ0) is 27.6. The fraction of sp³-hybridized carbons (Fsp3) is 0. The van der Waals surface area contributed by atoms with Crippen LogP contribution in [0.2, 0.25) is 0 Å². The Bertz CT molecular complexity index is 2250. The minimum atomic E-state index is 0.875. The highest BCUT2D eigenvalue weighted by molar-refractivity contribution is 6.17. The first-order chi connectivity index (χ1) is 20.8. The van der Waals surface area contributed by atoms with Crippen molar-refractivity contribution in [3.63, 3.8) is 0 Å². The first-order valence-electron chi connectivity index (χ1n) is 14.2. The lowest BCUT2D eigenvalue weighted by molar-refractivity contribution is 0.493. The maximum atomic E-state index is 6.77. The second-order valence-corrected chi connectivity index (χ2v) is 10.8. The third-order valence-electron chi connectivity index (χ3n) is 8.38. The van der Waals surface area contributed by atoms with E-state index in [0.717, 1.165) is 67.1 Å². The number of nitrogens with zero attached hydrogens (tertiary/aromatic N) is 2. The number of hydrogen-bond donors (Lipinski definition) is 0. The molecule has 6 aromatic carbocycles. The van der Waals surface area contributed by atoms with Crippen molar-refractivity contribution >= 4 is 32.6 Å². The van der Waals surface area contributed by atoms with E-state index in [2.05, 4.69) is 144 Å². The van der Waals surface area contributed by atoms with Gasteiger partial charge in [0.2, 0.25) is 0 Å². The summed E-state index contributed by atoms with van der Waals surface area (Å²) in [7, 11) is 0. The molecule has 3 heteroatoms. The lowest BCUT2D eigenvalue weighted by Crippen LogP contribution is -2.01. The zero-order valence-electron chi connectivity index (χ0n) is 22.7. The summed E-state index contributed by atoms with van der Waals surface area (Å²) in [6.07, 6.45) is 0. The van der Waals surface area contributed by atoms with Crippen LogP contribution in [0.3, 0.4) is 0 Å². The van der Waals surface area contributed by atoms with E-state index >= 15 is 0 Å². The van der Waals surface area contributed by atoms with Gasteiger partial charge in [0.05, 0.1) is 22.1 Å². The molecule has 1 aliphatic rings. The van der Waals surface area contributed by atoms with E-state index in [1.54, 1.807) is 0 Å². The van der Waals surface area contributed by atoms with Crippen molar-refractivity contribution in [2.24, 2.45) is 0 Å². The molecule has 0 unspecified atom stereocenters. The average Bonchev–Trinajstić information content (AvgIpc) is 3.41. The highest BCUT2D eigenvalue weighted by atomic mass is 16.5. The van der Waals surface area contributed by atoms with E-state index in [-0.39, 0.29) is 0 Å². The van der Waals surface area contributed by atoms with E-state index in [9.17, 15) is 0 Å². The van der Waals surface area contributed by atoms with E-state index in [1.807, 2.05) is 6.07 Å². The lowest BCUT2D eigenvalue weighted by Gasteiger charge is -2.22. The van der Waals surface area contributed by atoms with Crippen molar-refractivity contribution < 1.29 is 4.74 Å². The molecule has 3 nitrogen and oxygen atoms in total. The van der Waals surface area contributed by atoms with Gasteiger partial charge in [-0.05, 0) is 58.5 Å². The van der Waals surface area contributed by atoms with E-state index in [1.165, 1.54) is 16.3 Å². The van der Waals surface area contributed by atoms with Crippen LogP contribution in [-0.2, 0) is 0 Å². The third kappa shape index (κ3) is 3.37. The van der Waals surface area contributed by atoms with E-state index < -0.39 is 0 Å². The highest BCUT2D eigenvalue weighted by Gasteiger charge is 2.26. The molecule has 0 N–H and O–H groups in total. The highest BCUT2D eigenvalue weighted by Crippen LogP contribution is 2.51. The minimum Gasteiger partial charge on any atom is -0.455 e. The van der Waals surface area contributed by atoms with Gasteiger partial charge in [-0.3, -0.25) is 4.57 Å². The molecule has 0 fully saturated rings. The summed E-state index contributed by atoms with van der Waals surface area (Å²) in [5, 5.41) is 4.60. The van der Waals surface area contributed by atoms with Crippen LogP contribution >= 0.6 is 0 Å². The van der Waals surface area contributed by atoms with Gasteiger partial charge in [-0.25, -0.2) is 4.98 Å². The smallest absolute Gasteiger partial charge is 0.145 e. The van der Waals surface area contributed by atoms with Crippen molar-refractivity contribution in [1.82, 2.24) is 9.55 Å². The van der Waals surface area contributed by atoms with Gasteiger partial charge >= 0.3 is 0 Å². The van der Waals surface area contributed by atoms with Crippen molar-refractivity contribution in [2.45, 2.75) is 0 Å². The van der Waals surface area contributed by atoms with Crippen molar-refractivity contribution in [3.8, 4) is 50.8 Å². The molecule has 42 heavy (non-hydrogen) atoms. The Kier molecular flexibility index (Phi) is 4.90. The Hall–Kier alpha value is -5.67. The molecule has 0 saturated heterocycles. The van der Waals surface area contributed by atoms with Crippen LogP contribution in [0.5, 0.6) is 11.5 Å². The molecule has 0 spiro atoms. The van der Waals surface area contributed by atoms with Crippen LogP contribution in [0.1, 0.15) is 0 Å². The van der Waals surface area contributed by atoms with Crippen LogP contribution in [0.15, 0.2) is 146 Å². The molecule has 9 rings (SSSR count). The number of aromatic nitrogens is 2. The SMILES string of the molecule is c1ccc(-c2cc(-c3ccccc3)nc(-n3c4ccccc4c4c5c(ccc43)-c3cccc4cccc(c34)O5)c2)cc1. The maximum Gasteiger partial charge on any atom is 0.145 e. The number of pyridine rings is 1. The molecule has 2 aromatic heterocycles. The first-order valence-corrected chi connectivity index (χ1v) is 14.2. The Morgan fingerprint density at radius 2 is 1.24 bits per heavy atom. The van der Waals surface area contributed by atoms with E-state index in [4.69, 9.17) is 9.72 Å². The zero-order valence-corrected chi connectivity index (χ0v) is 22.7. The molecule has 196 valence electrons. The predicted octanol–water partition coefficient (Wildman–Crippen LogP) is 10.4. The van der Waals surface area contributed by atoms with Crippen LogP contribution in [0, 0.1) is 0 Å². The molecule has 0 saturated carbocycles. The topological polar surface area (TPSA) is 27.1 Å². The largest absolute Gasteiger partial charge is 0.455 e. The van der Waals surface area contributed by atoms with Gasteiger partial charge in [0.25, 0.3) is 0 Å². The summed E-state index contributed by atoms with van der Waals surface area (Å²) >= 11 is 0. The molecular weight excluding hydrogens is 512 g/mol. The summed E-state index contributed by atoms with van der Waals surface area (Å²) in [5.41, 5.74) is 8.79. The van der Waals surface area contributed by atoms with Gasteiger partial charge in [0.15, 0.2) is 0 Å². The Morgan fingerprint density at radius 1 is 0.500 bits per heavy atom. The van der Waals surface area contributed by atoms with Crippen molar-refractivity contribution in [2.75, 3.05) is 0 Å². The monoisotopic (exact) mass is 536 g/mol. The summed E-state index contributed by atoms with van der Waals surface area (Å²) in [6, 6.07) is 51.1. The minimum absolute atomic E-state index is 0.875. The van der Waals surface area contributed by atoms with Crippen molar-refractivity contribution in [1.29, 1.82) is 0 Å². The second-order valence-electron chi connectivity index (χ2n) is 10.8. The molecule has 1 aliphatic heterocycles. The predicted molar refractivity (Wildman–Crippen MR) is 172 cm³/mol. The van der Waals surface area contributed by atoms with Gasteiger partial charge in [-0.2, -0.15) is 0 Å². The molecule has 0 aliphatic carbocycles. The van der Waals surface area contributed by atoms with Gasteiger partial charge in [0.1, 0.15) is 17.3 Å². The number of para-hydroxylation sites is 1. The molecule has 0 radical (unpaired) electrons. The first kappa shape index (κ1) is 23.1. The molecule has 3 heterocycles. The van der Waals surface area contributed by atoms with Crippen LogP contribution in [-0.4, -0.2) is 9.55 Å². The Labute approximate surface area is 242 Å². The number of ether oxygens (including phenoxy) is 1. The number of rotatable bonds is 3. The number of hydrogen-bond acceptors (Lipinski definition) is 2. The Balaban J connectivity index is 1.36. The average molecular weight is 537 g/mol. The fourth-order valence-electron chi connectivity index (χ4n) is 6.50. The second kappa shape index (κ2) is 8.92. The van der Waals surface area contributed by atoms with Crippen LogP contribution in [0.4, 0.5) is 0 Å². The summed E-state index contributed by atoms with van der Waals surface area (Å²) in [5.74, 6) is 2.67. The molecule has 8 aromatic rings. The quantitative estimate of drug-likeness (QED) is 0.225. The fourth-order valence-corrected chi connectivity index (χ4v) is 6.50. The van der Waals surface area contributed by atoms with Gasteiger partial charge in [-0.1, -0.05) is 109 Å². The lowest BCUT2D eigenvalue weighted by atomic mass is 9.93. The summed E-state index contributed by atoms with van der Waals surface area (Å²) in [4.78, 5) is 5.27. The number of benzene rings is 6.